The van der Waals surface area contributed by atoms with Crippen LogP contribution in [0.5, 0.6) is 0 Å². The van der Waals surface area contributed by atoms with Crippen LogP contribution >= 0.6 is 0 Å². The van der Waals surface area contributed by atoms with Gasteiger partial charge < -0.3 is 10.3 Å². The van der Waals surface area contributed by atoms with E-state index in [0.717, 1.165) is 12.1 Å². The Morgan fingerprint density at radius 3 is 2.47 bits per heavy atom. The zero-order valence-electron chi connectivity index (χ0n) is 11.0. The molecule has 0 radical (unpaired) electrons. The van der Waals surface area contributed by atoms with E-state index in [1.165, 1.54) is 44.1 Å². The Bertz CT molecular complexity index is 349. The van der Waals surface area contributed by atoms with Gasteiger partial charge in [0.05, 0.1) is 5.69 Å². The molecule has 96 valence electrons. The van der Waals surface area contributed by atoms with E-state index < -0.39 is 0 Å². The fourth-order valence-corrected chi connectivity index (χ4v) is 2.82. The van der Waals surface area contributed by atoms with E-state index in [9.17, 15) is 0 Å². The highest BCUT2D eigenvalue weighted by Gasteiger charge is 2.23. The van der Waals surface area contributed by atoms with Crippen LogP contribution in [0.4, 0.5) is 5.88 Å². The molecule has 2 rings (SSSR count). The molecule has 1 fully saturated rings. The lowest BCUT2D eigenvalue weighted by molar-refractivity contribution is 0.413. The second-order valence-electron chi connectivity index (χ2n) is 5.70. The second-order valence-corrected chi connectivity index (χ2v) is 5.70. The van der Waals surface area contributed by atoms with E-state index in [4.69, 9.17) is 10.3 Å². The SMILES string of the molecule is CC(C)Cc1c(C2CCCCCC2)noc1N. The number of anilines is 1. The standard InChI is InChI=1S/C14H24N2O/c1-10(2)9-12-13(16-17-14(12)15)11-7-5-3-4-6-8-11/h10-11H,3-9,15H2,1-2H3. The summed E-state index contributed by atoms with van der Waals surface area (Å²) in [5.74, 6) is 1.71. The quantitative estimate of drug-likeness (QED) is 0.810. The van der Waals surface area contributed by atoms with E-state index >= 15 is 0 Å². The summed E-state index contributed by atoms with van der Waals surface area (Å²) in [6.45, 7) is 4.42. The Morgan fingerprint density at radius 1 is 1.24 bits per heavy atom. The highest BCUT2D eigenvalue weighted by Crippen LogP contribution is 2.35. The fraction of sp³-hybridized carbons (Fsp3) is 0.786. The number of hydrogen-bond donors (Lipinski definition) is 1. The number of nitrogens with two attached hydrogens (primary N) is 1. The molecular weight excluding hydrogens is 212 g/mol. The molecule has 1 heterocycles. The van der Waals surface area contributed by atoms with Gasteiger partial charge in [-0.15, -0.1) is 0 Å². The minimum absolute atomic E-state index is 0.540. The summed E-state index contributed by atoms with van der Waals surface area (Å²) in [7, 11) is 0. The highest BCUT2D eigenvalue weighted by molar-refractivity contribution is 5.40. The molecule has 0 spiro atoms. The molecule has 3 nitrogen and oxygen atoms in total. The molecule has 0 bridgehead atoms. The van der Waals surface area contributed by atoms with Gasteiger partial charge in [0, 0.05) is 11.5 Å². The maximum atomic E-state index is 5.91. The number of nitrogens with zero attached hydrogens (tertiary/aromatic N) is 1. The second kappa shape index (κ2) is 5.56. The molecule has 17 heavy (non-hydrogen) atoms. The van der Waals surface area contributed by atoms with Crippen molar-refractivity contribution in [1.29, 1.82) is 0 Å². The molecule has 1 aromatic rings. The van der Waals surface area contributed by atoms with Crippen LogP contribution in [0.1, 0.15) is 69.5 Å². The minimum atomic E-state index is 0.540. The lowest BCUT2D eigenvalue weighted by Gasteiger charge is -2.13. The van der Waals surface area contributed by atoms with Crippen molar-refractivity contribution in [2.75, 3.05) is 5.73 Å². The van der Waals surface area contributed by atoms with Crippen LogP contribution < -0.4 is 5.73 Å². The summed E-state index contributed by atoms with van der Waals surface area (Å²) in [4.78, 5) is 0. The van der Waals surface area contributed by atoms with Crippen molar-refractivity contribution in [3.63, 3.8) is 0 Å². The van der Waals surface area contributed by atoms with E-state index in [1.807, 2.05) is 0 Å². The van der Waals surface area contributed by atoms with E-state index in [0.29, 0.717) is 17.7 Å². The molecule has 0 aliphatic heterocycles. The van der Waals surface area contributed by atoms with Crippen LogP contribution in [0, 0.1) is 5.92 Å². The topological polar surface area (TPSA) is 52.0 Å². The van der Waals surface area contributed by atoms with Gasteiger partial charge in [-0.3, -0.25) is 0 Å². The van der Waals surface area contributed by atoms with Crippen LogP contribution in [0.2, 0.25) is 0 Å². The van der Waals surface area contributed by atoms with E-state index in [2.05, 4.69) is 19.0 Å². The van der Waals surface area contributed by atoms with Gasteiger partial charge in [-0.2, -0.15) is 0 Å². The monoisotopic (exact) mass is 236 g/mol. The van der Waals surface area contributed by atoms with Gasteiger partial charge in [0.15, 0.2) is 0 Å². The average Bonchev–Trinajstić information content (AvgIpc) is 2.55. The summed E-state index contributed by atoms with van der Waals surface area (Å²) in [6.07, 6.45) is 8.85. The molecule has 0 unspecified atom stereocenters. The molecule has 0 atom stereocenters. The van der Waals surface area contributed by atoms with Crippen LogP contribution in [0.25, 0.3) is 0 Å². The Morgan fingerprint density at radius 2 is 1.88 bits per heavy atom. The van der Waals surface area contributed by atoms with Gasteiger partial charge in [0.25, 0.3) is 0 Å². The van der Waals surface area contributed by atoms with Gasteiger partial charge >= 0.3 is 0 Å². The van der Waals surface area contributed by atoms with Crippen molar-refractivity contribution < 1.29 is 4.52 Å². The predicted octanol–water partition coefficient (Wildman–Crippen LogP) is 3.89. The first kappa shape index (κ1) is 12.5. The van der Waals surface area contributed by atoms with Crippen molar-refractivity contribution in [3.8, 4) is 0 Å². The molecule has 1 saturated carbocycles. The molecule has 1 aromatic heterocycles. The Kier molecular flexibility index (Phi) is 4.08. The predicted molar refractivity (Wildman–Crippen MR) is 69.9 cm³/mol. The average molecular weight is 236 g/mol. The van der Waals surface area contributed by atoms with Crippen molar-refractivity contribution >= 4 is 5.88 Å². The molecule has 0 aromatic carbocycles. The molecule has 0 amide bonds. The molecule has 1 aliphatic carbocycles. The van der Waals surface area contributed by atoms with Crippen LogP contribution in [0.15, 0.2) is 4.52 Å². The van der Waals surface area contributed by atoms with Gasteiger partial charge in [-0.05, 0) is 25.2 Å². The molecule has 2 N–H and O–H groups in total. The zero-order chi connectivity index (χ0) is 12.3. The van der Waals surface area contributed by atoms with Crippen LogP contribution in [0.3, 0.4) is 0 Å². The lowest BCUT2D eigenvalue weighted by Crippen LogP contribution is -2.05. The highest BCUT2D eigenvalue weighted by atomic mass is 16.5. The third kappa shape index (κ3) is 3.02. The fourth-order valence-electron chi connectivity index (χ4n) is 2.82. The number of rotatable bonds is 3. The Hall–Kier alpha value is -0.990. The number of nitrogen functional groups attached to an aromatic ring is 1. The Balaban J connectivity index is 2.18. The summed E-state index contributed by atoms with van der Waals surface area (Å²) in [5.41, 5.74) is 8.23. The summed E-state index contributed by atoms with van der Waals surface area (Å²) >= 11 is 0. The lowest BCUT2D eigenvalue weighted by atomic mass is 9.91. The van der Waals surface area contributed by atoms with Gasteiger partial charge in [-0.1, -0.05) is 44.7 Å². The summed E-state index contributed by atoms with van der Waals surface area (Å²) in [5, 5.41) is 4.23. The number of hydrogen-bond acceptors (Lipinski definition) is 3. The first-order valence-electron chi connectivity index (χ1n) is 6.92. The first-order chi connectivity index (χ1) is 8.18. The van der Waals surface area contributed by atoms with Crippen molar-refractivity contribution in [1.82, 2.24) is 5.16 Å². The summed E-state index contributed by atoms with van der Waals surface area (Å²) in [6, 6.07) is 0. The summed E-state index contributed by atoms with van der Waals surface area (Å²) < 4.78 is 5.22. The van der Waals surface area contributed by atoms with Gasteiger partial charge in [-0.25, -0.2) is 0 Å². The first-order valence-corrected chi connectivity index (χ1v) is 6.92. The van der Waals surface area contributed by atoms with Crippen molar-refractivity contribution in [3.05, 3.63) is 11.3 Å². The third-order valence-electron chi connectivity index (χ3n) is 3.70. The van der Waals surface area contributed by atoms with Gasteiger partial charge in [0.2, 0.25) is 5.88 Å². The van der Waals surface area contributed by atoms with Crippen molar-refractivity contribution in [2.45, 2.75) is 64.7 Å². The smallest absolute Gasteiger partial charge is 0.225 e. The normalized spacial score (nSPS) is 18.5. The largest absolute Gasteiger partial charge is 0.367 e. The van der Waals surface area contributed by atoms with E-state index in [1.54, 1.807) is 0 Å². The molecular formula is C14H24N2O. The maximum absolute atomic E-state index is 5.91. The molecule has 0 saturated heterocycles. The molecule has 3 heteroatoms. The van der Waals surface area contributed by atoms with Crippen LogP contribution in [-0.4, -0.2) is 5.16 Å². The Labute approximate surface area is 104 Å². The molecule has 1 aliphatic rings. The third-order valence-corrected chi connectivity index (χ3v) is 3.70. The zero-order valence-corrected chi connectivity index (χ0v) is 11.0. The number of aromatic nitrogens is 1. The van der Waals surface area contributed by atoms with E-state index in [-0.39, 0.29) is 0 Å². The maximum Gasteiger partial charge on any atom is 0.225 e. The van der Waals surface area contributed by atoms with Crippen molar-refractivity contribution in [2.24, 2.45) is 5.92 Å². The van der Waals surface area contributed by atoms with Crippen LogP contribution in [-0.2, 0) is 6.42 Å². The minimum Gasteiger partial charge on any atom is -0.367 e. The van der Waals surface area contributed by atoms with Gasteiger partial charge in [0.1, 0.15) is 0 Å².